The van der Waals surface area contributed by atoms with Gasteiger partial charge in [0.15, 0.2) is 0 Å². The molecule has 3 rings (SSSR count). The first kappa shape index (κ1) is 12.2. The first-order chi connectivity index (χ1) is 9.15. The van der Waals surface area contributed by atoms with Crippen molar-refractivity contribution in [2.24, 2.45) is 0 Å². The minimum atomic E-state index is -0.622. The Balaban J connectivity index is 2.01. The highest BCUT2D eigenvalue weighted by Crippen LogP contribution is 2.32. The number of carbonyl (C=O) groups is 1. The van der Waals surface area contributed by atoms with Crippen LogP contribution < -0.4 is 4.90 Å². The van der Waals surface area contributed by atoms with Crippen molar-refractivity contribution in [2.75, 3.05) is 11.4 Å². The smallest absolute Gasteiger partial charge is 0.230 e. The molecule has 1 aliphatic rings. The van der Waals surface area contributed by atoms with E-state index in [1.54, 1.807) is 12.3 Å². The number of halogens is 1. The van der Waals surface area contributed by atoms with E-state index in [-0.39, 0.29) is 18.9 Å². The molecule has 1 aromatic carbocycles. The Bertz CT molecular complexity index is 626. The van der Waals surface area contributed by atoms with Gasteiger partial charge in [0.1, 0.15) is 5.82 Å². The molecule has 1 aliphatic heterocycles. The standard InChI is InChI=1S/C13H12ClN3O2/c14-9-3-1-2-8(4-9)11-6-15-16-13(11)17-7-10(18)5-12(17)19/h1-4,6,10,18H,5,7H2,(H,15,16). The van der Waals surface area contributed by atoms with Crippen molar-refractivity contribution in [1.82, 2.24) is 10.2 Å². The molecule has 0 saturated carbocycles. The largest absolute Gasteiger partial charge is 0.391 e. The molecule has 2 aromatic rings. The van der Waals surface area contributed by atoms with Crippen LogP contribution in [0.1, 0.15) is 6.42 Å². The number of aliphatic hydroxyl groups excluding tert-OH is 1. The second kappa shape index (κ2) is 4.68. The third-order valence-electron chi connectivity index (χ3n) is 3.13. The molecule has 2 N–H and O–H groups in total. The van der Waals surface area contributed by atoms with E-state index < -0.39 is 6.10 Å². The number of aromatic amines is 1. The van der Waals surface area contributed by atoms with E-state index in [9.17, 15) is 9.90 Å². The van der Waals surface area contributed by atoms with Crippen molar-refractivity contribution >= 4 is 23.3 Å². The summed E-state index contributed by atoms with van der Waals surface area (Å²) in [6.07, 6.45) is 1.18. The van der Waals surface area contributed by atoms with Gasteiger partial charge in [0.25, 0.3) is 0 Å². The van der Waals surface area contributed by atoms with Crippen molar-refractivity contribution in [3.8, 4) is 11.1 Å². The van der Waals surface area contributed by atoms with Gasteiger partial charge in [-0.05, 0) is 17.7 Å². The molecule has 1 amide bonds. The average molecular weight is 278 g/mol. The fraction of sp³-hybridized carbons (Fsp3) is 0.231. The first-order valence-electron chi connectivity index (χ1n) is 5.93. The highest BCUT2D eigenvalue weighted by atomic mass is 35.5. The summed E-state index contributed by atoms with van der Waals surface area (Å²) in [6, 6.07) is 7.34. The Labute approximate surface area is 114 Å². The Hall–Kier alpha value is -1.85. The van der Waals surface area contributed by atoms with Gasteiger partial charge in [-0.2, -0.15) is 5.10 Å². The molecule has 0 radical (unpaired) electrons. The lowest BCUT2D eigenvalue weighted by Gasteiger charge is -2.15. The van der Waals surface area contributed by atoms with Crippen LogP contribution >= 0.6 is 11.6 Å². The molecular formula is C13H12ClN3O2. The summed E-state index contributed by atoms with van der Waals surface area (Å²) in [6.45, 7) is 0.286. The van der Waals surface area contributed by atoms with E-state index in [0.29, 0.717) is 10.8 Å². The lowest BCUT2D eigenvalue weighted by atomic mass is 10.1. The monoisotopic (exact) mass is 277 g/mol. The van der Waals surface area contributed by atoms with Crippen molar-refractivity contribution in [3.63, 3.8) is 0 Å². The van der Waals surface area contributed by atoms with Gasteiger partial charge >= 0.3 is 0 Å². The van der Waals surface area contributed by atoms with Gasteiger partial charge in [-0.15, -0.1) is 0 Å². The van der Waals surface area contributed by atoms with Crippen molar-refractivity contribution in [1.29, 1.82) is 0 Å². The van der Waals surface area contributed by atoms with E-state index in [1.165, 1.54) is 4.90 Å². The quantitative estimate of drug-likeness (QED) is 0.880. The molecule has 0 spiro atoms. The van der Waals surface area contributed by atoms with Gasteiger partial charge in [-0.1, -0.05) is 23.7 Å². The molecule has 1 fully saturated rings. The Morgan fingerprint density at radius 1 is 1.47 bits per heavy atom. The second-order valence-corrected chi connectivity index (χ2v) is 4.94. The van der Waals surface area contributed by atoms with Gasteiger partial charge in [0, 0.05) is 10.6 Å². The van der Waals surface area contributed by atoms with Crippen LogP contribution in [0, 0.1) is 0 Å². The van der Waals surface area contributed by atoms with Crippen LogP contribution in [-0.4, -0.2) is 33.9 Å². The predicted octanol–water partition coefficient (Wildman–Crippen LogP) is 1.83. The number of carbonyl (C=O) groups excluding carboxylic acids is 1. The highest BCUT2D eigenvalue weighted by Gasteiger charge is 2.31. The number of nitrogens with one attached hydrogen (secondary N) is 1. The number of nitrogens with zero attached hydrogens (tertiary/aromatic N) is 2. The molecule has 19 heavy (non-hydrogen) atoms. The van der Waals surface area contributed by atoms with Crippen LogP contribution in [0.3, 0.4) is 0 Å². The number of aliphatic hydroxyl groups is 1. The summed E-state index contributed by atoms with van der Waals surface area (Å²) >= 11 is 5.97. The van der Waals surface area contributed by atoms with Crippen LogP contribution in [0.15, 0.2) is 30.5 Å². The van der Waals surface area contributed by atoms with Gasteiger partial charge in [0.2, 0.25) is 5.91 Å². The zero-order valence-corrected chi connectivity index (χ0v) is 10.8. The van der Waals surface area contributed by atoms with Gasteiger partial charge in [-0.3, -0.25) is 14.8 Å². The molecule has 0 aliphatic carbocycles. The fourth-order valence-electron chi connectivity index (χ4n) is 2.26. The second-order valence-electron chi connectivity index (χ2n) is 4.50. The van der Waals surface area contributed by atoms with Gasteiger partial charge < -0.3 is 5.11 Å². The lowest BCUT2D eigenvalue weighted by Crippen LogP contribution is -2.26. The number of amides is 1. The van der Waals surface area contributed by atoms with Gasteiger partial charge in [-0.25, -0.2) is 0 Å². The van der Waals surface area contributed by atoms with E-state index in [1.807, 2.05) is 18.2 Å². The number of hydrogen-bond acceptors (Lipinski definition) is 3. The van der Waals surface area contributed by atoms with Crippen LogP contribution in [0.4, 0.5) is 5.82 Å². The fourth-order valence-corrected chi connectivity index (χ4v) is 2.45. The highest BCUT2D eigenvalue weighted by molar-refractivity contribution is 6.30. The molecule has 1 atom stereocenters. The van der Waals surface area contributed by atoms with Crippen LogP contribution in [0.2, 0.25) is 5.02 Å². The third kappa shape index (κ3) is 2.22. The normalized spacial score (nSPS) is 19.2. The number of H-pyrrole nitrogens is 1. The zero-order valence-electron chi connectivity index (χ0n) is 10.0. The van der Waals surface area contributed by atoms with Crippen LogP contribution in [0.25, 0.3) is 11.1 Å². The Morgan fingerprint density at radius 3 is 3.00 bits per heavy atom. The van der Waals surface area contributed by atoms with E-state index in [4.69, 9.17) is 11.6 Å². The molecule has 5 nitrogen and oxygen atoms in total. The minimum Gasteiger partial charge on any atom is -0.391 e. The summed E-state index contributed by atoms with van der Waals surface area (Å²) in [5, 5.41) is 17.0. The maximum Gasteiger partial charge on any atom is 0.230 e. The predicted molar refractivity (Wildman–Crippen MR) is 72.0 cm³/mol. The number of anilines is 1. The van der Waals surface area contributed by atoms with Crippen LogP contribution in [0.5, 0.6) is 0 Å². The summed E-state index contributed by atoms with van der Waals surface area (Å²) in [5.41, 5.74) is 1.68. The molecule has 98 valence electrons. The van der Waals surface area contributed by atoms with E-state index >= 15 is 0 Å². The number of hydrogen-bond donors (Lipinski definition) is 2. The Kier molecular flexibility index (Phi) is 3.00. The molecule has 6 heteroatoms. The molecular weight excluding hydrogens is 266 g/mol. The average Bonchev–Trinajstić information content (AvgIpc) is 2.95. The van der Waals surface area contributed by atoms with E-state index in [2.05, 4.69) is 10.2 Å². The molecule has 1 aromatic heterocycles. The number of benzene rings is 1. The summed E-state index contributed by atoms with van der Waals surface area (Å²) in [5.74, 6) is 0.490. The number of β-amino-alcohol motifs (C(OH)–C–C–N with tert-alkyl or cyclic N) is 1. The summed E-state index contributed by atoms with van der Waals surface area (Å²) in [4.78, 5) is 13.3. The van der Waals surface area contributed by atoms with Crippen molar-refractivity contribution in [2.45, 2.75) is 12.5 Å². The summed E-state index contributed by atoms with van der Waals surface area (Å²) in [7, 11) is 0. The molecule has 1 saturated heterocycles. The number of rotatable bonds is 2. The van der Waals surface area contributed by atoms with Crippen molar-refractivity contribution in [3.05, 3.63) is 35.5 Å². The lowest BCUT2D eigenvalue weighted by molar-refractivity contribution is -0.117. The number of aromatic nitrogens is 2. The third-order valence-corrected chi connectivity index (χ3v) is 3.36. The van der Waals surface area contributed by atoms with Crippen molar-refractivity contribution < 1.29 is 9.90 Å². The summed E-state index contributed by atoms with van der Waals surface area (Å²) < 4.78 is 0. The minimum absolute atomic E-state index is 0.111. The molecule has 0 bridgehead atoms. The maximum absolute atomic E-state index is 11.8. The topological polar surface area (TPSA) is 69.2 Å². The SMILES string of the molecule is O=C1CC(O)CN1c1[nH]ncc1-c1cccc(Cl)c1. The molecule has 2 heterocycles. The van der Waals surface area contributed by atoms with E-state index in [0.717, 1.165) is 11.1 Å². The first-order valence-corrected chi connectivity index (χ1v) is 6.30. The Morgan fingerprint density at radius 2 is 2.32 bits per heavy atom. The zero-order chi connectivity index (χ0) is 13.4. The van der Waals surface area contributed by atoms with Crippen LogP contribution in [-0.2, 0) is 4.79 Å². The molecule has 1 unspecified atom stereocenters. The maximum atomic E-state index is 11.8. The van der Waals surface area contributed by atoms with Gasteiger partial charge in [0.05, 0.1) is 25.3 Å².